The number of halogens is 2. The fraction of sp³-hybridized carbons (Fsp3) is 0.200. The first kappa shape index (κ1) is 13.3. The molecule has 0 aliphatic heterocycles. The molecule has 0 fully saturated rings. The summed E-state index contributed by atoms with van der Waals surface area (Å²) in [6, 6.07) is 11.6. The Morgan fingerprint density at radius 1 is 1.00 bits per heavy atom. The van der Waals surface area contributed by atoms with Crippen LogP contribution < -0.4 is 4.74 Å². The molecule has 0 saturated carbocycles. The molecule has 0 aliphatic carbocycles. The highest BCUT2D eigenvalue weighted by atomic mass is 35.5. The summed E-state index contributed by atoms with van der Waals surface area (Å²) in [6.45, 7) is 4.04. The lowest BCUT2D eigenvalue weighted by Crippen LogP contribution is -1.94. The van der Waals surface area contributed by atoms with Gasteiger partial charge in [-0.1, -0.05) is 35.9 Å². The van der Waals surface area contributed by atoms with Gasteiger partial charge in [-0.2, -0.15) is 0 Å². The van der Waals surface area contributed by atoms with E-state index < -0.39 is 0 Å². The summed E-state index contributed by atoms with van der Waals surface area (Å²) in [5, 5.41) is 0.633. The Hall–Kier alpha value is -1.18. The van der Waals surface area contributed by atoms with Gasteiger partial charge in [0.25, 0.3) is 0 Å². The standard InChI is InChI=1S/C15H14Cl2O/c1-10-5-3-6-11(2)15(10)18-14-8-4-7-13(17)12(14)9-16/h3-8H,9H2,1-2H3. The van der Waals surface area contributed by atoms with Crippen LogP contribution in [-0.4, -0.2) is 0 Å². The second-order valence-corrected chi connectivity index (χ2v) is 4.85. The topological polar surface area (TPSA) is 9.23 Å². The molecule has 0 aromatic heterocycles. The molecule has 3 heteroatoms. The summed E-state index contributed by atoms with van der Waals surface area (Å²) >= 11 is 12.0. The third-order valence-corrected chi connectivity index (χ3v) is 3.45. The van der Waals surface area contributed by atoms with Crippen LogP contribution in [0, 0.1) is 13.8 Å². The van der Waals surface area contributed by atoms with E-state index in [1.165, 1.54) is 0 Å². The number of para-hydroxylation sites is 1. The van der Waals surface area contributed by atoms with Crippen molar-refractivity contribution in [1.82, 2.24) is 0 Å². The maximum Gasteiger partial charge on any atom is 0.133 e. The molecule has 2 rings (SSSR count). The number of ether oxygens (including phenoxy) is 1. The second kappa shape index (κ2) is 5.64. The summed E-state index contributed by atoms with van der Waals surface area (Å²) in [6.07, 6.45) is 0. The van der Waals surface area contributed by atoms with Gasteiger partial charge in [0.1, 0.15) is 11.5 Å². The van der Waals surface area contributed by atoms with Gasteiger partial charge in [-0.05, 0) is 37.1 Å². The molecule has 0 atom stereocenters. The van der Waals surface area contributed by atoms with Crippen LogP contribution in [0.4, 0.5) is 0 Å². The molecule has 0 radical (unpaired) electrons. The zero-order valence-electron chi connectivity index (χ0n) is 10.3. The molecule has 0 N–H and O–H groups in total. The van der Waals surface area contributed by atoms with Gasteiger partial charge in [-0.3, -0.25) is 0 Å². The molecule has 0 bridgehead atoms. The highest BCUT2D eigenvalue weighted by molar-refractivity contribution is 6.32. The van der Waals surface area contributed by atoms with Crippen LogP contribution in [0.25, 0.3) is 0 Å². The maximum absolute atomic E-state index is 6.11. The first-order valence-corrected chi connectivity index (χ1v) is 6.62. The van der Waals surface area contributed by atoms with Gasteiger partial charge in [0.15, 0.2) is 0 Å². The molecule has 94 valence electrons. The van der Waals surface area contributed by atoms with E-state index in [1.54, 1.807) is 0 Å². The predicted molar refractivity (Wildman–Crippen MR) is 77.0 cm³/mol. The van der Waals surface area contributed by atoms with Gasteiger partial charge in [0, 0.05) is 10.6 Å². The molecular formula is C15H14Cl2O. The molecule has 0 aliphatic rings. The van der Waals surface area contributed by atoms with Crippen molar-refractivity contribution in [3.05, 3.63) is 58.1 Å². The summed E-state index contributed by atoms with van der Waals surface area (Å²) in [7, 11) is 0. The van der Waals surface area contributed by atoms with E-state index >= 15 is 0 Å². The number of aryl methyl sites for hydroxylation is 2. The Balaban J connectivity index is 2.43. The minimum atomic E-state index is 0.333. The van der Waals surface area contributed by atoms with Crippen molar-refractivity contribution in [2.45, 2.75) is 19.7 Å². The summed E-state index contributed by atoms with van der Waals surface area (Å²) in [4.78, 5) is 0. The van der Waals surface area contributed by atoms with Gasteiger partial charge in [0.2, 0.25) is 0 Å². The molecular weight excluding hydrogens is 267 g/mol. The van der Waals surface area contributed by atoms with Crippen LogP contribution in [0.2, 0.25) is 5.02 Å². The van der Waals surface area contributed by atoms with Crippen LogP contribution in [0.15, 0.2) is 36.4 Å². The lowest BCUT2D eigenvalue weighted by atomic mass is 10.1. The zero-order chi connectivity index (χ0) is 13.1. The Bertz CT molecular complexity index is 544. The maximum atomic E-state index is 6.11. The lowest BCUT2D eigenvalue weighted by molar-refractivity contribution is 0.471. The van der Waals surface area contributed by atoms with Crippen LogP contribution >= 0.6 is 23.2 Å². The zero-order valence-corrected chi connectivity index (χ0v) is 11.8. The first-order chi connectivity index (χ1) is 8.63. The number of benzene rings is 2. The molecule has 18 heavy (non-hydrogen) atoms. The molecule has 0 unspecified atom stereocenters. The number of hydrogen-bond donors (Lipinski definition) is 0. The monoisotopic (exact) mass is 280 g/mol. The van der Waals surface area contributed by atoms with Gasteiger partial charge in [0.05, 0.1) is 5.88 Å². The van der Waals surface area contributed by atoms with Gasteiger partial charge < -0.3 is 4.74 Å². The highest BCUT2D eigenvalue weighted by Gasteiger charge is 2.10. The first-order valence-electron chi connectivity index (χ1n) is 5.71. The van der Waals surface area contributed by atoms with Crippen LogP contribution in [0.1, 0.15) is 16.7 Å². The van der Waals surface area contributed by atoms with Gasteiger partial charge >= 0.3 is 0 Å². The lowest BCUT2D eigenvalue weighted by Gasteiger charge is -2.14. The summed E-state index contributed by atoms with van der Waals surface area (Å²) in [5.41, 5.74) is 3.01. The summed E-state index contributed by atoms with van der Waals surface area (Å²) < 4.78 is 5.97. The average Bonchev–Trinajstić information content (AvgIpc) is 2.34. The SMILES string of the molecule is Cc1cccc(C)c1Oc1cccc(Cl)c1CCl. The van der Waals surface area contributed by atoms with Crippen LogP contribution in [0.5, 0.6) is 11.5 Å². The third-order valence-electron chi connectivity index (χ3n) is 2.83. The Labute approximate surface area is 117 Å². The van der Waals surface area contributed by atoms with Crippen molar-refractivity contribution in [2.75, 3.05) is 0 Å². The van der Waals surface area contributed by atoms with E-state index in [2.05, 4.69) is 0 Å². The third kappa shape index (κ3) is 2.63. The molecule has 2 aromatic carbocycles. The molecule has 0 saturated heterocycles. The van der Waals surface area contributed by atoms with Crippen molar-refractivity contribution < 1.29 is 4.74 Å². The van der Waals surface area contributed by atoms with Gasteiger partial charge in [-0.15, -0.1) is 11.6 Å². The molecule has 2 aromatic rings. The van der Waals surface area contributed by atoms with Crippen molar-refractivity contribution in [3.8, 4) is 11.5 Å². The number of alkyl halides is 1. The molecule has 0 amide bonds. The quantitative estimate of drug-likeness (QED) is 0.676. The predicted octanol–water partition coefficient (Wildman–Crippen LogP) is 5.49. The van der Waals surface area contributed by atoms with Crippen molar-refractivity contribution in [1.29, 1.82) is 0 Å². The van der Waals surface area contributed by atoms with Crippen molar-refractivity contribution in [2.24, 2.45) is 0 Å². The van der Waals surface area contributed by atoms with E-state index in [9.17, 15) is 0 Å². The van der Waals surface area contributed by atoms with E-state index in [4.69, 9.17) is 27.9 Å². The van der Waals surface area contributed by atoms with E-state index in [1.807, 2.05) is 50.2 Å². The van der Waals surface area contributed by atoms with E-state index in [-0.39, 0.29) is 0 Å². The smallest absolute Gasteiger partial charge is 0.133 e. The van der Waals surface area contributed by atoms with Gasteiger partial charge in [-0.25, -0.2) is 0 Å². The van der Waals surface area contributed by atoms with E-state index in [0.717, 1.165) is 28.2 Å². The van der Waals surface area contributed by atoms with Crippen LogP contribution in [-0.2, 0) is 5.88 Å². The Morgan fingerprint density at radius 3 is 2.22 bits per heavy atom. The average molecular weight is 281 g/mol. The fourth-order valence-electron chi connectivity index (χ4n) is 1.83. The van der Waals surface area contributed by atoms with Crippen LogP contribution in [0.3, 0.4) is 0 Å². The normalized spacial score (nSPS) is 10.4. The van der Waals surface area contributed by atoms with Crippen molar-refractivity contribution >= 4 is 23.2 Å². The second-order valence-electron chi connectivity index (χ2n) is 4.17. The Morgan fingerprint density at radius 2 is 1.61 bits per heavy atom. The largest absolute Gasteiger partial charge is 0.456 e. The Kier molecular flexibility index (Phi) is 4.15. The van der Waals surface area contributed by atoms with Crippen molar-refractivity contribution in [3.63, 3.8) is 0 Å². The highest BCUT2D eigenvalue weighted by Crippen LogP contribution is 2.34. The number of rotatable bonds is 3. The molecule has 0 heterocycles. The van der Waals surface area contributed by atoms with E-state index in [0.29, 0.717) is 10.9 Å². The number of hydrogen-bond acceptors (Lipinski definition) is 1. The molecule has 0 spiro atoms. The minimum Gasteiger partial charge on any atom is -0.456 e. The summed E-state index contributed by atoms with van der Waals surface area (Å²) in [5.74, 6) is 1.92. The minimum absolute atomic E-state index is 0.333. The fourth-order valence-corrected chi connectivity index (χ4v) is 2.41. The molecule has 1 nitrogen and oxygen atoms in total.